The van der Waals surface area contributed by atoms with E-state index >= 15 is 0 Å². The van der Waals surface area contributed by atoms with Gasteiger partial charge in [0, 0.05) is 24.9 Å². The van der Waals surface area contributed by atoms with E-state index in [1.54, 1.807) is 23.7 Å². The molecule has 0 N–H and O–H groups in total. The predicted molar refractivity (Wildman–Crippen MR) is 296 cm³/mol. The number of hydrogen-bond acceptors (Lipinski definition) is 10. The van der Waals surface area contributed by atoms with Crippen LogP contribution >= 0.6 is 0 Å². The van der Waals surface area contributed by atoms with Crippen molar-refractivity contribution < 1.29 is 43.6 Å². The van der Waals surface area contributed by atoms with Crippen LogP contribution in [0.1, 0.15) is 105 Å². The van der Waals surface area contributed by atoms with E-state index in [0.29, 0.717) is 50.1 Å². The summed E-state index contributed by atoms with van der Waals surface area (Å²) in [6.07, 6.45) is 22.9. The van der Waals surface area contributed by atoms with Crippen molar-refractivity contribution in [1.82, 2.24) is 0 Å². The zero-order valence-electron chi connectivity index (χ0n) is 43.4. The van der Waals surface area contributed by atoms with Crippen LogP contribution in [0.15, 0.2) is 142 Å². The van der Waals surface area contributed by atoms with Crippen LogP contribution in [0.4, 0.5) is 22.7 Å². The Kier molecular flexibility index (Phi) is 26.7. The van der Waals surface area contributed by atoms with Gasteiger partial charge in [0.1, 0.15) is 0 Å². The summed E-state index contributed by atoms with van der Waals surface area (Å²) >= 11 is 0. The van der Waals surface area contributed by atoms with Crippen molar-refractivity contribution in [2.75, 3.05) is 72.6 Å². The Morgan fingerprint density at radius 1 is 0.375 bits per heavy atom. The summed E-state index contributed by atoms with van der Waals surface area (Å²) in [5.74, 6) is 8.57. The van der Waals surface area contributed by atoms with Crippen LogP contribution in [0.3, 0.4) is 0 Å². The third-order valence-corrected chi connectivity index (χ3v) is 13.9. The van der Waals surface area contributed by atoms with Crippen LogP contribution in [0.5, 0.6) is 0 Å². The van der Waals surface area contributed by atoms with Crippen molar-refractivity contribution in [2.45, 2.75) is 105 Å². The average Bonchev–Trinajstić information content (AvgIpc) is 4.23. The Morgan fingerprint density at radius 3 is 0.764 bits per heavy atom. The fourth-order valence-corrected chi connectivity index (χ4v) is 9.76. The number of rotatable bonds is 24. The summed E-state index contributed by atoms with van der Waals surface area (Å²) in [5, 5.41) is 27.7. The maximum absolute atomic E-state index is 6.08. The first-order valence-electron chi connectivity index (χ1n) is 26.2. The van der Waals surface area contributed by atoms with E-state index in [2.05, 4.69) is 170 Å². The standard InChI is InChI=1S/2C30H40N4O.2Fe/c2*1-25-13-15-27(21-25)23-31-33(29-9-5-3-6-10-29)17-19-35-20-18-34(30-11-7-4-8-12-30)32-24-28-16-14-26(2)22-28;;/h2*3-12,23-24,27-28H,13-22H2,1-2H3;;/q2*-2;2*+2/b2*31-23+,32-24+;;. The number of benzene rings is 4. The Labute approximate surface area is 455 Å². The smallest absolute Gasteiger partial charge is 0.378 e. The van der Waals surface area contributed by atoms with E-state index in [9.17, 15) is 0 Å². The topological polar surface area (TPSA) is 80.9 Å². The third-order valence-electron chi connectivity index (χ3n) is 13.9. The van der Waals surface area contributed by atoms with Gasteiger partial charge >= 0.3 is 34.1 Å². The molecule has 4 unspecified atom stereocenters. The van der Waals surface area contributed by atoms with Crippen molar-refractivity contribution in [3.63, 3.8) is 0 Å². The predicted octanol–water partition coefficient (Wildman–Crippen LogP) is 13.5. The van der Waals surface area contributed by atoms with Gasteiger partial charge in [0.2, 0.25) is 0 Å². The normalized spacial score (nSPS) is 20.8. The first-order valence-corrected chi connectivity index (χ1v) is 26.2. The molecule has 12 heteroatoms. The number of ether oxygens (including phenoxy) is 2. The fourth-order valence-electron chi connectivity index (χ4n) is 9.76. The van der Waals surface area contributed by atoms with Crippen molar-refractivity contribution in [3.8, 4) is 0 Å². The zero-order valence-corrected chi connectivity index (χ0v) is 45.6. The van der Waals surface area contributed by atoms with Gasteiger partial charge in [-0.05, 0) is 72.2 Å². The van der Waals surface area contributed by atoms with E-state index in [0.717, 1.165) is 74.6 Å². The molecule has 0 spiro atoms. The number of nitrogens with zero attached hydrogens (tertiary/aromatic N) is 8. The molecule has 4 aliphatic rings. The van der Waals surface area contributed by atoms with Gasteiger partial charge in [0.05, 0.1) is 75.4 Å². The monoisotopic (exact) mass is 1060 g/mol. The molecule has 4 aromatic carbocycles. The quantitative estimate of drug-likeness (QED) is 0.0229. The van der Waals surface area contributed by atoms with Crippen LogP contribution in [-0.2, 0) is 43.6 Å². The molecule has 0 heterocycles. The minimum atomic E-state index is 0. The molecule has 8 rings (SSSR count). The fraction of sp³-hybridized carbons (Fsp3) is 0.467. The Bertz CT molecular complexity index is 1850. The van der Waals surface area contributed by atoms with Crippen LogP contribution < -0.4 is 20.0 Å². The molecule has 0 amide bonds. The summed E-state index contributed by atoms with van der Waals surface area (Å²) in [5.41, 5.74) is 4.41. The first kappa shape index (κ1) is 58.6. The SMILES string of the molecule is C[C-]1CCC(/C=N/N(CCOCCN(/N=C/C2CC[C-](C)C2)c2ccccc2)c2ccccc2)C1.C[C-]1CCC(/C=N/N(CCOCCN(/N=C/C2CC[C-](C)C2)c2ccccc2)c2ccccc2)C1.[Fe+2].[Fe+2]. The summed E-state index contributed by atoms with van der Waals surface area (Å²) in [4.78, 5) is 0. The molecule has 72 heavy (non-hydrogen) atoms. The third kappa shape index (κ3) is 20.6. The maximum Gasteiger partial charge on any atom is 2.00 e. The van der Waals surface area contributed by atoms with Gasteiger partial charge in [-0.25, -0.2) is 0 Å². The minimum Gasteiger partial charge on any atom is -0.378 e. The van der Waals surface area contributed by atoms with Gasteiger partial charge in [-0.15, -0.1) is 0 Å². The van der Waals surface area contributed by atoms with Crippen LogP contribution in [0, 0.1) is 47.3 Å². The summed E-state index contributed by atoms with van der Waals surface area (Å²) < 4.78 is 12.2. The van der Waals surface area contributed by atoms with E-state index in [-0.39, 0.29) is 34.1 Å². The first-order chi connectivity index (χ1) is 34.3. The molecule has 4 saturated carbocycles. The Morgan fingerprint density at radius 2 is 0.583 bits per heavy atom. The average molecular weight is 1060 g/mol. The molecular weight excluding hydrogens is 976 g/mol. The Hall–Kier alpha value is -4.28. The molecule has 4 aliphatic carbocycles. The minimum absolute atomic E-state index is 0. The van der Waals surface area contributed by atoms with Gasteiger partial charge in [0.25, 0.3) is 0 Å². The van der Waals surface area contributed by atoms with E-state index < -0.39 is 0 Å². The second-order valence-electron chi connectivity index (χ2n) is 20.0. The number of hydrogen-bond donors (Lipinski definition) is 0. The molecule has 4 atom stereocenters. The van der Waals surface area contributed by atoms with Crippen LogP contribution in [0.25, 0.3) is 0 Å². The van der Waals surface area contributed by atoms with Crippen LogP contribution in [-0.4, -0.2) is 77.5 Å². The van der Waals surface area contributed by atoms with Crippen molar-refractivity contribution in [1.29, 1.82) is 0 Å². The van der Waals surface area contributed by atoms with E-state index in [4.69, 9.17) is 29.9 Å². The molecule has 4 fully saturated rings. The van der Waals surface area contributed by atoms with Crippen molar-refractivity contribution in [2.24, 2.45) is 44.1 Å². The largest absolute Gasteiger partial charge is 2.00 e. The molecule has 10 nitrogen and oxygen atoms in total. The summed E-state index contributed by atoms with van der Waals surface area (Å²) in [6.45, 7) is 14.4. The van der Waals surface area contributed by atoms with E-state index in [1.165, 1.54) is 51.4 Å². The molecular formula is C60H80Fe2N8O2. The molecule has 0 bridgehead atoms. The Balaban J connectivity index is 0.000000260. The second kappa shape index (κ2) is 32.8. The van der Waals surface area contributed by atoms with Gasteiger partial charge in [-0.2, -0.15) is 99.5 Å². The van der Waals surface area contributed by atoms with Gasteiger partial charge in [0.15, 0.2) is 0 Å². The van der Waals surface area contributed by atoms with Crippen LogP contribution in [0.2, 0.25) is 0 Å². The molecule has 0 aromatic heterocycles. The summed E-state index contributed by atoms with van der Waals surface area (Å²) in [6, 6.07) is 41.5. The molecule has 0 saturated heterocycles. The molecule has 0 radical (unpaired) electrons. The van der Waals surface area contributed by atoms with Gasteiger partial charge in [-0.3, -0.25) is 20.0 Å². The van der Waals surface area contributed by atoms with Gasteiger partial charge < -0.3 is 33.1 Å². The van der Waals surface area contributed by atoms with Crippen molar-refractivity contribution in [3.05, 3.63) is 145 Å². The molecule has 0 aliphatic heterocycles. The van der Waals surface area contributed by atoms with E-state index in [1.807, 2.05) is 24.3 Å². The summed E-state index contributed by atoms with van der Waals surface area (Å²) in [7, 11) is 0. The zero-order chi connectivity index (χ0) is 48.6. The number of anilines is 4. The van der Waals surface area contributed by atoms with Gasteiger partial charge in [-0.1, -0.05) is 98.5 Å². The maximum atomic E-state index is 6.08. The molecule has 388 valence electrons. The number of para-hydroxylation sites is 4. The molecule has 4 aromatic rings. The van der Waals surface area contributed by atoms with Crippen molar-refractivity contribution >= 4 is 47.6 Å². The second-order valence-corrected chi connectivity index (χ2v) is 20.0. The number of hydrazone groups is 4.